The first kappa shape index (κ1) is 14.8. The average molecular weight is 357 g/mol. The Morgan fingerprint density at radius 1 is 1.00 bits per heavy atom. The molecule has 2 aliphatic heterocycles. The lowest BCUT2D eigenvalue weighted by Crippen LogP contribution is -2.53. The first-order valence-corrected chi connectivity index (χ1v) is 9.17. The van der Waals surface area contributed by atoms with Gasteiger partial charge in [0.05, 0.1) is 5.54 Å². The van der Waals surface area contributed by atoms with E-state index in [-0.39, 0.29) is 5.54 Å². The van der Waals surface area contributed by atoms with Gasteiger partial charge in [0.1, 0.15) is 0 Å². The quantitative estimate of drug-likeness (QED) is 0.589. The lowest BCUT2D eigenvalue weighted by molar-refractivity contribution is 0.112. The number of nitrogens with one attached hydrogen (secondary N) is 1. The molecule has 1 N–H and O–H groups in total. The molecule has 1 atom stereocenters. The highest BCUT2D eigenvalue weighted by molar-refractivity contribution is 6.31. The molecule has 122 valence electrons. The minimum atomic E-state index is -0.128. The molecule has 2 aliphatic rings. The van der Waals surface area contributed by atoms with Gasteiger partial charge in [0.15, 0.2) is 0 Å². The second-order valence-corrected chi connectivity index (χ2v) is 7.90. The monoisotopic (exact) mass is 356 g/mol. The van der Waals surface area contributed by atoms with Gasteiger partial charge in [0, 0.05) is 39.7 Å². The molecule has 0 radical (unpaired) electrons. The number of fused-ring (bicyclic) bond motifs is 7. The first-order valence-electron chi connectivity index (χ1n) is 8.42. The Bertz CT molecular complexity index is 975. The van der Waals surface area contributed by atoms with Crippen LogP contribution in [0.3, 0.4) is 0 Å². The maximum atomic E-state index is 6.25. The van der Waals surface area contributed by atoms with Crippen LogP contribution in [0.15, 0.2) is 36.4 Å². The van der Waals surface area contributed by atoms with Crippen molar-refractivity contribution in [2.24, 2.45) is 0 Å². The van der Waals surface area contributed by atoms with Gasteiger partial charge in [-0.15, -0.1) is 0 Å². The Morgan fingerprint density at radius 2 is 1.75 bits per heavy atom. The average Bonchev–Trinajstić information content (AvgIpc) is 2.93. The number of nitrogens with zero attached hydrogens (tertiary/aromatic N) is 1. The van der Waals surface area contributed by atoms with Crippen LogP contribution in [-0.2, 0) is 18.4 Å². The zero-order chi connectivity index (χ0) is 16.5. The van der Waals surface area contributed by atoms with Crippen molar-refractivity contribution < 1.29 is 0 Å². The van der Waals surface area contributed by atoms with E-state index >= 15 is 0 Å². The van der Waals surface area contributed by atoms with Crippen LogP contribution < -0.4 is 0 Å². The fourth-order valence-electron chi connectivity index (χ4n) is 4.66. The van der Waals surface area contributed by atoms with Crippen molar-refractivity contribution in [1.82, 2.24) is 9.88 Å². The summed E-state index contributed by atoms with van der Waals surface area (Å²) >= 11 is 12.5. The Morgan fingerprint density at radius 3 is 2.62 bits per heavy atom. The summed E-state index contributed by atoms with van der Waals surface area (Å²) in [6, 6.07) is 12.5. The summed E-state index contributed by atoms with van der Waals surface area (Å²) in [6.07, 6.45) is 2.13. The topological polar surface area (TPSA) is 19.0 Å². The molecule has 0 amide bonds. The van der Waals surface area contributed by atoms with Crippen LogP contribution in [-0.4, -0.2) is 23.0 Å². The van der Waals surface area contributed by atoms with Crippen LogP contribution >= 0.6 is 23.2 Å². The van der Waals surface area contributed by atoms with Crippen molar-refractivity contribution in [3.63, 3.8) is 0 Å². The largest absolute Gasteiger partial charge is 0.356 e. The maximum Gasteiger partial charge on any atom is 0.0844 e. The molecule has 0 spiro atoms. The summed E-state index contributed by atoms with van der Waals surface area (Å²) in [5.41, 5.74) is 6.51. The van der Waals surface area contributed by atoms with Gasteiger partial charge in [0.25, 0.3) is 0 Å². The number of aromatic nitrogens is 1. The van der Waals surface area contributed by atoms with Crippen molar-refractivity contribution in [2.75, 3.05) is 13.1 Å². The van der Waals surface area contributed by atoms with Crippen molar-refractivity contribution in [1.29, 1.82) is 0 Å². The van der Waals surface area contributed by atoms with Crippen LogP contribution in [0.4, 0.5) is 0 Å². The third-order valence-corrected chi connectivity index (χ3v) is 6.33. The summed E-state index contributed by atoms with van der Waals surface area (Å²) in [5, 5.41) is 2.89. The summed E-state index contributed by atoms with van der Waals surface area (Å²) in [6.45, 7) is 4.48. The molecule has 0 aliphatic carbocycles. The number of halogens is 2. The van der Waals surface area contributed by atoms with Gasteiger partial charge in [-0.3, -0.25) is 4.90 Å². The van der Waals surface area contributed by atoms with E-state index in [1.54, 1.807) is 0 Å². The van der Waals surface area contributed by atoms with E-state index in [1.807, 2.05) is 12.1 Å². The Hall–Kier alpha value is -1.48. The smallest absolute Gasteiger partial charge is 0.0844 e. The van der Waals surface area contributed by atoms with Crippen LogP contribution in [0.5, 0.6) is 0 Å². The van der Waals surface area contributed by atoms with Crippen LogP contribution in [0.25, 0.3) is 10.9 Å². The molecule has 0 unspecified atom stereocenters. The number of hydrogen-bond donors (Lipinski definition) is 1. The Labute approximate surface area is 151 Å². The fraction of sp³-hybridized carbons (Fsp3) is 0.300. The lowest BCUT2D eigenvalue weighted by atomic mass is 9.75. The molecule has 0 saturated carbocycles. The van der Waals surface area contributed by atoms with Crippen molar-refractivity contribution >= 4 is 34.1 Å². The van der Waals surface area contributed by atoms with Gasteiger partial charge in [-0.1, -0.05) is 29.3 Å². The molecule has 5 rings (SSSR count). The van der Waals surface area contributed by atoms with Gasteiger partial charge < -0.3 is 4.98 Å². The van der Waals surface area contributed by atoms with Gasteiger partial charge in [-0.2, -0.15) is 0 Å². The molecule has 1 aromatic heterocycles. The second kappa shape index (κ2) is 5.01. The van der Waals surface area contributed by atoms with E-state index in [9.17, 15) is 0 Å². The zero-order valence-electron chi connectivity index (χ0n) is 13.5. The second-order valence-electron chi connectivity index (χ2n) is 7.03. The summed E-state index contributed by atoms with van der Waals surface area (Å²) < 4.78 is 0. The van der Waals surface area contributed by atoms with E-state index < -0.39 is 0 Å². The normalized spacial score (nSPS) is 23.0. The van der Waals surface area contributed by atoms with Gasteiger partial charge in [0.2, 0.25) is 0 Å². The van der Waals surface area contributed by atoms with Gasteiger partial charge in [-0.25, -0.2) is 0 Å². The third kappa shape index (κ3) is 1.88. The van der Waals surface area contributed by atoms with Crippen molar-refractivity contribution in [2.45, 2.75) is 25.3 Å². The highest BCUT2D eigenvalue weighted by Gasteiger charge is 2.45. The SMILES string of the molecule is C[C@@]12c3ccc(Cl)cc3CCN1CCc1c2[nH]c2ccc(Cl)cc12. The number of H-pyrrole nitrogens is 1. The van der Waals surface area contributed by atoms with E-state index in [1.165, 1.54) is 33.3 Å². The fourth-order valence-corrected chi connectivity index (χ4v) is 5.03. The Kier molecular flexibility index (Phi) is 3.10. The maximum absolute atomic E-state index is 6.25. The van der Waals surface area contributed by atoms with Gasteiger partial charge in [-0.05, 0) is 66.8 Å². The van der Waals surface area contributed by atoms with Gasteiger partial charge >= 0.3 is 0 Å². The molecule has 3 aromatic rings. The number of benzene rings is 2. The minimum absolute atomic E-state index is 0.128. The minimum Gasteiger partial charge on any atom is -0.356 e. The van der Waals surface area contributed by atoms with Crippen LogP contribution in [0, 0.1) is 0 Å². The predicted octanol–water partition coefficient (Wildman–Crippen LogP) is 5.15. The Balaban J connectivity index is 1.81. The summed E-state index contributed by atoms with van der Waals surface area (Å²) in [4.78, 5) is 6.30. The van der Waals surface area contributed by atoms with E-state index in [0.29, 0.717) is 0 Å². The molecule has 4 heteroatoms. The number of aromatic amines is 1. The highest BCUT2D eigenvalue weighted by atomic mass is 35.5. The third-order valence-electron chi connectivity index (χ3n) is 5.86. The zero-order valence-corrected chi connectivity index (χ0v) is 15.0. The van der Waals surface area contributed by atoms with Crippen molar-refractivity contribution in [3.8, 4) is 0 Å². The lowest BCUT2D eigenvalue weighted by Gasteiger charge is -2.49. The summed E-state index contributed by atoms with van der Waals surface area (Å²) in [7, 11) is 0. The molecule has 0 fully saturated rings. The molecule has 24 heavy (non-hydrogen) atoms. The highest BCUT2D eigenvalue weighted by Crippen LogP contribution is 2.46. The molecule has 2 aromatic carbocycles. The number of rotatable bonds is 0. The van der Waals surface area contributed by atoms with Crippen molar-refractivity contribution in [3.05, 3.63) is 68.8 Å². The molecular weight excluding hydrogens is 339 g/mol. The van der Waals surface area contributed by atoms with Crippen LogP contribution in [0.1, 0.15) is 29.3 Å². The van der Waals surface area contributed by atoms with E-state index in [0.717, 1.165) is 36.0 Å². The number of hydrogen-bond acceptors (Lipinski definition) is 1. The van der Waals surface area contributed by atoms with E-state index in [2.05, 4.69) is 41.1 Å². The standard InChI is InChI=1S/C20H18Cl2N2/c1-20-17-4-2-13(21)10-12(17)6-8-24(20)9-7-15-16-11-14(22)3-5-18(16)23-19(15)20/h2-5,10-11,23H,6-9H2,1H3/t20-/m0/s1. The summed E-state index contributed by atoms with van der Waals surface area (Å²) in [5.74, 6) is 0. The van der Waals surface area contributed by atoms with Crippen LogP contribution in [0.2, 0.25) is 10.0 Å². The van der Waals surface area contributed by atoms with E-state index in [4.69, 9.17) is 23.2 Å². The molecular formula is C20H18Cl2N2. The first-order chi connectivity index (χ1) is 11.6. The molecule has 0 bridgehead atoms. The molecule has 3 heterocycles. The molecule has 2 nitrogen and oxygen atoms in total. The predicted molar refractivity (Wildman–Crippen MR) is 100 cm³/mol. The molecule has 0 saturated heterocycles.